The first-order valence-electron chi connectivity index (χ1n) is 5.88. The van der Waals surface area contributed by atoms with Crippen LogP contribution in [0.25, 0.3) is 0 Å². The van der Waals surface area contributed by atoms with Crippen LogP contribution in [-0.2, 0) is 6.18 Å². The van der Waals surface area contributed by atoms with Crippen molar-refractivity contribution < 1.29 is 18.3 Å². The highest BCUT2D eigenvalue weighted by atomic mass is 19.4. The van der Waals surface area contributed by atoms with E-state index in [1.54, 1.807) is 0 Å². The van der Waals surface area contributed by atoms with Crippen LogP contribution in [0.1, 0.15) is 31.2 Å². The molecule has 0 unspecified atom stereocenters. The van der Waals surface area contributed by atoms with Crippen LogP contribution in [0.15, 0.2) is 18.3 Å². The maximum absolute atomic E-state index is 12.8. The third-order valence-electron chi connectivity index (χ3n) is 3.36. The van der Waals surface area contributed by atoms with E-state index in [-0.39, 0.29) is 12.4 Å². The summed E-state index contributed by atoms with van der Waals surface area (Å²) in [5.41, 5.74) is -1.45. The molecule has 0 atom stereocenters. The quantitative estimate of drug-likeness (QED) is 0.878. The van der Waals surface area contributed by atoms with E-state index < -0.39 is 17.3 Å². The molecule has 1 saturated carbocycles. The van der Waals surface area contributed by atoms with Crippen LogP contribution in [0.3, 0.4) is 0 Å². The Morgan fingerprint density at radius 2 is 2.00 bits per heavy atom. The molecule has 1 aromatic rings. The summed E-state index contributed by atoms with van der Waals surface area (Å²) in [7, 11) is 0. The van der Waals surface area contributed by atoms with Gasteiger partial charge in [-0.3, -0.25) is 0 Å². The van der Waals surface area contributed by atoms with E-state index in [9.17, 15) is 18.3 Å². The topological polar surface area (TPSA) is 45.1 Å². The van der Waals surface area contributed by atoms with Crippen LogP contribution in [0, 0.1) is 0 Å². The first-order chi connectivity index (χ1) is 8.47. The lowest BCUT2D eigenvalue weighted by Crippen LogP contribution is -2.40. The Kier molecular flexibility index (Phi) is 3.47. The van der Waals surface area contributed by atoms with E-state index in [0.29, 0.717) is 12.8 Å². The Bertz CT molecular complexity index is 414. The second-order valence-electron chi connectivity index (χ2n) is 4.67. The first-order valence-corrected chi connectivity index (χ1v) is 5.88. The number of aromatic nitrogens is 1. The maximum atomic E-state index is 12.8. The molecule has 0 aliphatic heterocycles. The highest BCUT2D eigenvalue weighted by Crippen LogP contribution is 2.37. The molecule has 0 amide bonds. The third-order valence-corrected chi connectivity index (χ3v) is 3.36. The van der Waals surface area contributed by atoms with Crippen molar-refractivity contribution in [3.63, 3.8) is 0 Å². The molecule has 100 valence electrons. The van der Waals surface area contributed by atoms with Gasteiger partial charge in [0.25, 0.3) is 0 Å². The fourth-order valence-electron chi connectivity index (χ4n) is 2.36. The Hall–Kier alpha value is -1.30. The molecule has 1 aromatic heterocycles. The number of aliphatic hydroxyl groups excluding tert-OH is 1. The second-order valence-corrected chi connectivity index (χ2v) is 4.67. The smallest absolute Gasteiger partial charge is 0.394 e. The Morgan fingerprint density at radius 3 is 2.56 bits per heavy atom. The van der Waals surface area contributed by atoms with Gasteiger partial charge < -0.3 is 10.4 Å². The van der Waals surface area contributed by atoms with Gasteiger partial charge in [-0.1, -0.05) is 12.8 Å². The molecule has 0 saturated heterocycles. The van der Waals surface area contributed by atoms with Gasteiger partial charge in [0.15, 0.2) is 0 Å². The van der Waals surface area contributed by atoms with Gasteiger partial charge in [0.1, 0.15) is 5.82 Å². The molecule has 1 aliphatic carbocycles. The molecule has 0 radical (unpaired) electrons. The summed E-state index contributed by atoms with van der Waals surface area (Å²) >= 11 is 0. The molecule has 0 spiro atoms. The van der Waals surface area contributed by atoms with Crippen molar-refractivity contribution in [1.29, 1.82) is 0 Å². The zero-order chi connectivity index (χ0) is 13.2. The molecule has 1 heterocycles. The summed E-state index contributed by atoms with van der Waals surface area (Å²) < 4.78 is 38.4. The molecular weight excluding hydrogens is 245 g/mol. The van der Waals surface area contributed by atoms with Crippen LogP contribution in [0.4, 0.5) is 19.0 Å². The number of halogens is 3. The number of hydrogen-bond acceptors (Lipinski definition) is 3. The Labute approximate surface area is 103 Å². The van der Waals surface area contributed by atoms with Crippen LogP contribution in [-0.4, -0.2) is 22.2 Å². The molecular formula is C12H15F3N2O. The fraction of sp³-hybridized carbons (Fsp3) is 0.583. The average Bonchev–Trinajstić information content (AvgIpc) is 2.78. The van der Waals surface area contributed by atoms with Crippen molar-refractivity contribution in [1.82, 2.24) is 4.98 Å². The monoisotopic (exact) mass is 260 g/mol. The number of rotatable bonds is 3. The third kappa shape index (κ3) is 2.58. The van der Waals surface area contributed by atoms with E-state index >= 15 is 0 Å². The summed E-state index contributed by atoms with van der Waals surface area (Å²) in [6.07, 6.45) is 0.0156. The Morgan fingerprint density at radius 1 is 1.33 bits per heavy atom. The highest BCUT2D eigenvalue weighted by molar-refractivity contribution is 5.48. The highest BCUT2D eigenvalue weighted by Gasteiger charge is 2.38. The van der Waals surface area contributed by atoms with Gasteiger partial charge >= 0.3 is 6.18 Å². The number of nitrogens with one attached hydrogen (secondary N) is 1. The van der Waals surface area contributed by atoms with Gasteiger partial charge in [0.2, 0.25) is 0 Å². The van der Waals surface area contributed by atoms with Crippen molar-refractivity contribution in [3.8, 4) is 0 Å². The molecule has 18 heavy (non-hydrogen) atoms. The minimum atomic E-state index is -4.44. The Balaban J connectivity index is 2.29. The van der Waals surface area contributed by atoms with Crippen molar-refractivity contribution in [2.45, 2.75) is 37.4 Å². The van der Waals surface area contributed by atoms with Crippen LogP contribution in [0.2, 0.25) is 0 Å². The molecule has 2 N–H and O–H groups in total. The number of alkyl halides is 3. The molecule has 3 nitrogen and oxygen atoms in total. The minimum absolute atomic E-state index is 0.180. The predicted octanol–water partition coefficient (Wildman–Crippen LogP) is 2.82. The lowest BCUT2D eigenvalue weighted by molar-refractivity contribution is -0.137. The van der Waals surface area contributed by atoms with Gasteiger partial charge in [-0.2, -0.15) is 13.2 Å². The van der Waals surface area contributed by atoms with Gasteiger partial charge in [0, 0.05) is 6.20 Å². The summed E-state index contributed by atoms with van der Waals surface area (Å²) in [6, 6.07) is 2.25. The predicted molar refractivity (Wildman–Crippen MR) is 61.1 cm³/mol. The number of anilines is 1. The first kappa shape index (κ1) is 13.1. The van der Waals surface area contributed by atoms with E-state index in [1.165, 1.54) is 12.3 Å². The number of hydrogen-bond donors (Lipinski definition) is 2. The summed E-state index contributed by atoms with van der Waals surface area (Å²) in [4.78, 5) is 3.76. The van der Waals surface area contributed by atoms with Crippen molar-refractivity contribution >= 4 is 5.82 Å². The SMILES string of the molecule is OCC1(Nc2ncccc2C(F)(F)F)CCCC1. The van der Waals surface area contributed by atoms with E-state index in [2.05, 4.69) is 10.3 Å². The number of aliphatic hydroxyl groups is 1. The van der Waals surface area contributed by atoms with Gasteiger partial charge in [-0.15, -0.1) is 0 Å². The molecule has 2 rings (SSSR count). The van der Waals surface area contributed by atoms with Crippen molar-refractivity contribution in [2.75, 3.05) is 11.9 Å². The lowest BCUT2D eigenvalue weighted by atomic mass is 9.98. The number of nitrogens with zero attached hydrogens (tertiary/aromatic N) is 1. The van der Waals surface area contributed by atoms with Crippen LogP contribution in [0.5, 0.6) is 0 Å². The zero-order valence-corrected chi connectivity index (χ0v) is 9.80. The van der Waals surface area contributed by atoms with Gasteiger partial charge in [-0.25, -0.2) is 4.98 Å². The average molecular weight is 260 g/mol. The minimum Gasteiger partial charge on any atom is -0.394 e. The zero-order valence-electron chi connectivity index (χ0n) is 9.80. The van der Waals surface area contributed by atoms with Crippen LogP contribution >= 0.6 is 0 Å². The largest absolute Gasteiger partial charge is 0.419 e. The fourth-order valence-corrected chi connectivity index (χ4v) is 2.36. The molecule has 1 fully saturated rings. The number of pyridine rings is 1. The summed E-state index contributed by atoms with van der Waals surface area (Å²) in [5.74, 6) is -0.194. The summed E-state index contributed by atoms with van der Waals surface area (Å²) in [6.45, 7) is -0.180. The van der Waals surface area contributed by atoms with E-state index in [4.69, 9.17) is 0 Å². The lowest BCUT2D eigenvalue weighted by Gasteiger charge is -2.29. The van der Waals surface area contributed by atoms with E-state index in [1.807, 2.05) is 0 Å². The standard InChI is InChI=1S/C12H15F3N2O/c13-12(14,15)9-4-3-7-16-10(9)17-11(8-18)5-1-2-6-11/h3-4,7,18H,1-2,5-6,8H2,(H,16,17). The molecule has 1 aliphatic rings. The second kappa shape index (κ2) is 4.76. The molecule has 6 heteroatoms. The van der Waals surface area contributed by atoms with Crippen LogP contribution < -0.4 is 5.32 Å². The summed E-state index contributed by atoms with van der Waals surface area (Å²) in [5, 5.41) is 12.2. The van der Waals surface area contributed by atoms with Crippen molar-refractivity contribution in [2.24, 2.45) is 0 Å². The normalized spacial score (nSPS) is 18.9. The van der Waals surface area contributed by atoms with Gasteiger partial charge in [-0.05, 0) is 25.0 Å². The van der Waals surface area contributed by atoms with Gasteiger partial charge in [0.05, 0.1) is 17.7 Å². The van der Waals surface area contributed by atoms with E-state index in [0.717, 1.165) is 18.9 Å². The maximum Gasteiger partial charge on any atom is 0.419 e. The molecule has 0 aromatic carbocycles. The van der Waals surface area contributed by atoms with Crippen molar-refractivity contribution in [3.05, 3.63) is 23.9 Å². The molecule has 0 bridgehead atoms.